The number of carboxylic acid groups (broad SMARTS) is 1. The lowest BCUT2D eigenvalue weighted by Gasteiger charge is -2.33. The Kier molecular flexibility index (Phi) is 9.78. The standard InChI is InChI=1S/C24H39N3O5/c1-15(2)12-20(24(31)32)26-9-5-8-25-17-6-10-27(11-7-17)23(30)19-13-18(16(3)4)21(28)14-22(19)29/h13-17,20,25-26,28-29H,5-12H2,1-4H3,(H,31,32)/t20-/m0/s1. The lowest BCUT2D eigenvalue weighted by Crippen LogP contribution is -2.45. The maximum absolute atomic E-state index is 12.9. The third-order valence-corrected chi connectivity index (χ3v) is 5.96. The molecule has 1 aliphatic heterocycles. The molecule has 5 N–H and O–H groups in total. The Morgan fingerprint density at radius 1 is 1.06 bits per heavy atom. The predicted molar refractivity (Wildman–Crippen MR) is 124 cm³/mol. The fraction of sp³-hybridized carbons (Fsp3) is 0.667. The highest BCUT2D eigenvalue weighted by Gasteiger charge is 2.26. The summed E-state index contributed by atoms with van der Waals surface area (Å²) in [7, 11) is 0. The summed E-state index contributed by atoms with van der Waals surface area (Å²) in [5, 5.41) is 36.1. The van der Waals surface area contributed by atoms with Crippen molar-refractivity contribution in [3.8, 4) is 11.5 Å². The van der Waals surface area contributed by atoms with Gasteiger partial charge in [0.1, 0.15) is 17.5 Å². The number of hydrogen-bond acceptors (Lipinski definition) is 6. The number of phenolic OH excluding ortho intramolecular Hbond substituents is 2. The largest absolute Gasteiger partial charge is 0.508 e. The number of likely N-dealkylation sites (tertiary alicyclic amines) is 1. The number of carbonyl (C=O) groups is 2. The number of hydrogen-bond donors (Lipinski definition) is 5. The molecule has 1 aliphatic rings. The minimum atomic E-state index is -0.802. The van der Waals surface area contributed by atoms with Gasteiger partial charge in [-0.1, -0.05) is 27.7 Å². The van der Waals surface area contributed by atoms with Crippen LogP contribution in [-0.2, 0) is 4.79 Å². The number of nitrogens with zero attached hydrogens (tertiary/aromatic N) is 1. The molecule has 1 fully saturated rings. The normalized spacial score (nSPS) is 16.0. The average Bonchev–Trinajstić information content (AvgIpc) is 2.72. The van der Waals surface area contributed by atoms with Crippen LogP contribution in [0.4, 0.5) is 0 Å². The second kappa shape index (κ2) is 12.1. The van der Waals surface area contributed by atoms with E-state index in [-0.39, 0.29) is 28.9 Å². The van der Waals surface area contributed by atoms with Gasteiger partial charge in [0.2, 0.25) is 0 Å². The lowest BCUT2D eigenvalue weighted by molar-refractivity contribution is -0.139. The number of carboxylic acids is 1. The Labute approximate surface area is 191 Å². The van der Waals surface area contributed by atoms with Crippen molar-refractivity contribution in [2.24, 2.45) is 5.92 Å². The van der Waals surface area contributed by atoms with Gasteiger partial charge in [-0.05, 0) is 62.2 Å². The topological polar surface area (TPSA) is 122 Å². The van der Waals surface area contributed by atoms with Crippen LogP contribution in [0.25, 0.3) is 0 Å². The number of phenols is 2. The van der Waals surface area contributed by atoms with Crippen molar-refractivity contribution in [1.29, 1.82) is 0 Å². The van der Waals surface area contributed by atoms with E-state index < -0.39 is 12.0 Å². The summed E-state index contributed by atoms with van der Waals surface area (Å²) in [6.07, 6.45) is 3.09. The van der Waals surface area contributed by atoms with Crippen molar-refractivity contribution in [1.82, 2.24) is 15.5 Å². The van der Waals surface area contributed by atoms with E-state index in [9.17, 15) is 24.9 Å². The van der Waals surface area contributed by atoms with E-state index >= 15 is 0 Å². The van der Waals surface area contributed by atoms with E-state index in [2.05, 4.69) is 10.6 Å². The van der Waals surface area contributed by atoms with Gasteiger partial charge in [0.15, 0.2) is 0 Å². The van der Waals surface area contributed by atoms with E-state index in [1.807, 2.05) is 27.7 Å². The number of piperidine rings is 1. The molecule has 0 radical (unpaired) electrons. The molecule has 0 aromatic heterocycles. The minimum absolute atomic E-state index is 0.00493. The van der Waals surface area contributed by atoms with Crippen molar-refractivity contribution in [3.05, 3.63) is 23.3 Å². The van der Waals surface area contributed by atoms with Crippen LogP contribution in [0.5, 0.6) is 11.5 Å². The van der Waals surface area contributed by atoms with Crippen LogP contribution in [0.1, 0.15) is 75.2 Å². The molecule has 0 spiro atoms. The molecule has 1 amide bonds. The van der Waals surface area contributed by atoms with Crippen LogP contribution in [0.15, 0.2) is 12.1 Å². The molecule has 1 aromatic carbocycles. The van der Waals surface area contributed by atoms with Crippen LogP contribution in [0.2, 0.25) is 0 Å². The van der Waals surface area contributed by atoms with Gasteiger partial charge in [-0.15, -0.1) is 0 Å². The molecule has 0 aliphatic carbocycles. The first kappa shape index (κ1) is 25.9. The predicted octanol–water partition coefficient (Wildman–Crippen LogP) is 2.89. The highest BCUT2D eigenvalue weighted by molar-refractivity contribution is 5.97. The Hall–Kier alpha value is -2.32. The molecule has 180 valence electrons. The van der Waals surface area contributed by atoms with Gasteiger partial charge in [0.25, 0.3) is 5.91 Å². The van der Waals surface area contributed by atoms with Crippen LogP contribution in [0.3, 0.4) is 0 Å². The molecule has 0 bridgehead atoms. The quantitative estimate of drug-likeness (QED) is 0.329. The Bertz CT molecular complexity index is 773. The van der Waals surface area contributed by atoms with E-state index in [1.165, 1.54) is 6.07 Å². The molecule has 8 heteroatoms. The average molecular weight is 450 g/mol. The number of rotatable bonds is 11. The molecular weight excluding hydrogens is 410 g/mol. The Balaban J connectivity index is 1.76. The van der Waals surface area contributed by atoms with Gasteiger partial charge >= 0.3 is 5.97 Å². The molecule has 0 unspecified atom stereocenters. The van der Waals surface area contributed by atoms with Gasteiger partial charge in [0, 0.05) is 25.2 Å². The molecule has 8 nitrogen and oxygen atoms in total. The lowest BCUT2D eigenvalue weighted by atomic mass is 9.97. The maximum atomic E-state index is 12.9. The monoisotopic (exact) mass is 449 g/mol. The van der Waals surface area contributed by atoms with E-state index in [0.717, 1.165) is 25.8 Å². The molecule has 2 rings (SSSR count). The second-order valence-electron chi connectivity index (χ2n) is 9.43. The van der Waals surface area contributed by atoms with Gasteiger partial charge in [-0.3, -0.25) is 9.59 Å². The molecule has 1 saturated heterocycles. The zero-order valence-electron chi connectivity index (χ0n) is 19.7. The summed E-state index contributed by atoms with van der Waals surface area (Å²) in [5.41, 5.74) is 0.883. The number of carbonyl (C=O) groups excluding carboxylic acids is 1. The summed E-state index contributed by atoms with van der Waals surface area (Å²) in [6, 6.07) is 2.65. The van der Waals surface area contributed by atoms with E-state index in [1.54, 1.807) is 11.0 Å². The summed E-state index contributed by atoms with van der Waals surface area (Å²) in [4.78, 5) is 26.0. The summed E-state index contributed by atoms with van der Waals surface area (Å²) in [6.45, 7) is 10.5. The van der Waals surface area contributed by atoms with E-state index in [4.69, 9.17) is 0 Å². The van der Waals surface area contributed by atoms with Crippen molar-refractivity contribution < 1.29 is 24.9 Å². The molecule has 1 atom stereocenters. The van der Waals surface area contributed by atoms with Crippen molar-refractivity contribution in [3.63, 3.8) is 0 Å². The van der Waals surface area contributed by atoms with Crippen LogP contribution < -0.4 is 10.6 Å². The SMILES string of the molecule is CC(C)C[C@H](NCCCNC1CCN(C(=O)c2cc(C(C)C)c(O)cc2O)CC1)C(=O)O. The number of amides is 1. The summed E-state index contributed by atoms with van der Waals surface area (Å²) >= 11 is 0. The van der Waals surface area contributed by atoms with Gasteiger partial charge < -0.3 is 30.9 Å². The Morgan fingerprint density at radius 3 is 2.28 bits per heavy atom. The number of aliphatic carboxylic acids is 1. The number of benzene rings is 1. The first-order chi connectivity index (χ1) is 15.1. The highest BCUT2D eigenvalue weighted by atomic mass is 16.4. The van der Waals surface area contributed by atoms with Gasteiger partial charge in [-0.25, -0.2) is 0 Å². The number of aromatic hydroxyl groups is 2. The second-order valence-corrected chi connectivity index (χ2v) is 9.43. The van der Waals surface area contributed by atoms with E-state index in [0.29, 0.717) is 43.6 Å². The minimum Gasteiger partial charge on any atom is -0.508 e. The van der Waals surface area contributed by atoms with Crippen LogP contribution >= 0.6 is 0 Å². The zero-order valence-corrected chi connectivity index (χ0v) is 19.7. The Morgan fingerprint density at radius 2 is 1.72 bits per heavy atom. The first-order valence-corrected chi connectivity index (χ1v) is 11.6. The molecule has 1 heterocycles. The smallest absolute Gasteiger partial charge is 0.320 e. The fourth-order valence-corrected chi connectivity index (χ4v) is 4.10. The van der Waals surface area contributed by atoms with Gasteiger partial charge in [-0.2, -0.15) is 0 Å². The molecular formula is C24H39N3O5. The zero-order chi connectivity index (χ0) is 23.8. The fourth-order valence-electron chi connectivity index (χ4n) is 4.10. The molecule has 32 heavy (non-hydrogen) atoms. The van der Waals surface area contributed by atoms with Crippen molar-refractivity contribution in [2.75, 3.05) is 26.2 Å². The first-order valence-electron chi connectivity index (χ1n) is 11.6. The maximum Gasteiger partial charge on any atom is 0.320 e. The molecule has 1 aromatic rings. The van der Waals surface area contributed by atoms with Crippen LogP contribution in [0, 0.1) is 5.92 Å². The van der Waals surface area contributed by atoms with Crippen LogP contribution in [-0.4, -0.2) is 70.4 Å². The highest BCUT2D eigenvalue weighted by Crippen LogP contribution is 2.33. The third kappa shape index (κ3) is 7.38. The van der Waals surface area contributed by atoms with Crippen molar-refractivity contribution in [2.45, 2.75) is 71.4 Å². The van der Waals surface area contributed by atoms with Crippen molar-refractivity contribution >= 4 is 11.9 Å². The van der Waals surface area contributed by atoms with Gasteiger partial charge in [0.05, 0.1) is 5.56 Å². The summed E-state index contributed by atoms with van der Waals surface area (Å²) in [5.74, 6) is -0.828. The summed E-state index contributed by atoms with van der Waals surface area (Å²) < 4.78 is 0. The number of nitrogens with one attached hydrogen (secondary N) is 2. The molecule has 0 saturated carbocycles. The third-order valence-electron chi connectivity index (χ3n) is 5.96.